The summed E-state index contributed by atoms with van der Waals surface area (Å²) >= 11 is 0. The minimum atomic E-state index is -4.48. The summed E-state index contributed by atoms with van der Waals surface area (Å²) < 4.78 is 67.2. The van der Waals surface area contributed by atoms with Crippen LogP contribution in [0.2, 0.25) is 0 Å². The molecule has 0 fully saturated rings. The number of aromatic nitrogens is 2. The molecule has 26 heavy (non-hydrogen) atoms. The predicted octanol–water partition coefficient (Wildman–Crippen LogP) is 3.76. The Kier molecular flexibility index (Phi) is 4.59. The maximum Gasteiger partial charge on any atom is 0.405 e. The lowest BCUT2D eigenvalue weighted by Gasteiger charge is -2.31. The van der Waals surface area contributed by atoms with Gasteiger partial charge in [-0.1, -0.05) is 12.1 Å². The summed E-state index contributed by atoms with van der Waals surface area (Å²) in [4.78, 5) is 14.9. The molecule has 140 valence electrons. The van der Waals surface area contributed by atoms with Gasteiger partial charge in [0.2, 0.25) is 0 Å². The van der Waals surface area contributed by atoms with E-state index in [0.717, 1.165) is 12.3 Å². The third-order valence-corrected chi connectivity index (χ3v) is 4.30. The van der Waals surface area contributed by atoms with Crippen molar-refractivity contribution < 1.29 is 31.9 Å². The molecule has 1 aliphatic rings. The summed E-state index contributed by atoms with van der Waals surface area (Å²) in [6, 6.07) is 2.64. The van der Waals surface area contributed by atoms with Crippen LogP contribution in [0.3, 0.4) is 0 Å². The summed E-state index contributed by atoms with van der Waals surface area (Å²) in [7, 11) is 0. The number of nitrogens with one attached hydrogen (secondary N) is 1. The van der Waals surface area contributed by atoms with Gasteiger partial charge in [0.15, 0.2) is 11.6 Å². The van der Waals surface area contributed by atoms with Crippen molar-refractivity contribution in [3.8, 4) is 0 Å². The Balaban J connectivity index is 2.01. The average molecular weight is 375 g/mol. The Morgan fingerprint density at radius 3 is 2.73 bits per heavy atom. The van der Waals surface area contributed by atoms with Gasteiger partial charge in [-0.25, -0.2) is 18.6 Å². The molecule has 2 heterocycles. The normalized spacial score (nSPS) is 19.9. The first kappa shape index (κ1) is 18.2. The van der Waals surface area contributed by atoms with E-state index in [9.17, 15) is 26.7 Å². The number of halogens is 5. The zero-order valence-corrected chi connectivity index (χ0v) is 13.2. The molecule has 1 aromatic carbocycles. The lowest BCUT2D eigenvalue weighted by molar-refractivity contribution is -0.128. The van der Waals surface area contributed by atoms with Gasteiger partial charge in [-0.15, -0.1) is 0 Å². The number of carbonyl (C=O) groups is 1. The highest BCUT2D eigenvalue weighted by atomic mass is 19.4. The quantitative estimate of drug-likeness (QED) is 0.803. The van der Waals surface area contributed by atoms with Gasteiger partial charge in [-0.2, -0.15) is 13.2 Å². The van der Waals surface area contributed by atoms with E-state index >= 15 is 0 Å². The third kappa shape index (κ3) is 3.63. The highest BCUT2D eigenvalue weighted by Crippen LogP contribution is 2.37. The Morgan fingerprint density at radius 1 is 1.35 bits per heavy atom. The molecule has 5 nitrogen and oxygen atoms in total. The fourth-order valence-electron chi connectivity index (χ4n) is 3.28. The van der Waals surface area contributed by atoms with Crippen molar-refractivity contribution in [1.29, 1.82) is 0 Å². The molecule has 0 saturated heterocycles. The van der Waals surface area contributed by atoms with Gasteiger partial charge in [0.25, 0.3) is 0 Å². The van der Waals surface area contributed by atoms with Gasteiger partial charge in [0, 0.05) is 24.4 Å². The molecule has 0 bridgehead atoms. The van der Waals surface area contributed by atoms with E-state index in [0.29, 0.717) is 0 Å². The van der Waals surface area contributed by atoms with Crippen LogP contribution in [-0.4, -0.2) is 26.9 Å². The van der Waals surface area contributed by atoms with Crippen LogP contribution >= 0.6 is 0 Å². The molecule has 2 atom stereocenters. The second kappa shape index (κ2) is 6.58. The first-order valence-corrected chi connectivity index (χ1v) is 7.70. The fourth-order valence-corrected chi connectivity index (χ4v) is 3.28. The number of hydrogen-bond acceptors (Lipinski definition) is 2. The number of imidazole rings is 1. The van der Waals surface area contributed by atoms with E-state index in [2.05, 4.69) is 10.3 Å². The number of fused-ring (bicyclic) bond motifs is 1. The second-order valence-electron chi connectivity index (χ2n) is 6.09. The van der Waals surface area contributed by atoms with E-state index in [1.54, 1.807) is 0 Å². The van der Waals surface area contributed by atoms with E-state index in [-0.39, 0.29) is 30.0 Å². The van der Waals surface area contributed by atoms with Crippen molar-refractivity contribution in [3.63, 3.8) is 0 Å². The Hall–Kier alpha value is -2.65. The Bertz CT molecular complexity index is 834. The van der Waals surface area contributed by atoms with Gasteiger partial charge in [-0.3, -0.25) is 0 Å². The molecule has 0 unspecified atom stereocenters. The van der Waals surface area contributed by atoms with Gasteiger partial charge >= 0.3 is 12.3 Å². The number of nitrogens with zero attached hydrogens (tertiary/aromatic N) is 2. The van der Waals surface area contributed by atoms with Gasteiger partial charge < -0.3 is 15.0 Å². The van der Waals surface area contributed by atoms with Crippen molar-refractivity contribution >= 4 is 6.09 Å². The van der Waals surface area contributed by atoms with Crippen LogP contribution in [0.25, 0.3) is 0 Å². The van der Waals surface area contributed by atoms with Crippen LogP contribution in [0.1, 0.15) is 35.5 Å². The number of rotatable bonds is 3. The second-order valence-corrected chi connectivity index (χ2v) is 6.09. The van der Waals surface area contributed by atoms with Crippen LogP contribution in [0.5, 0.6) is 0 Å². The largest absolute Gasteiger partial charge is 0.465 e. The third-order valence-electron chi connectivity index (χ3n) is 4.30. The SMILES string of the molecule is O=C(O)N[C@H]1C[C@@H](c2cccc(F)c2F)Cn2c(CC(F)(F)F)cnc21. The van der Waals surface area contributed by atoms with Gasteiger partial charge in [0.05, 0.1) is 12.5 Å². The van der Waals surface area contributed by atoms with Gasteiger partial charge in [-0.05, 0) is 18.1 Å². The van der Waals surface area contributed by atoms with Crippen molar-refractivity contribution in [1.82, 2.24) is 14.9 Å². The van der Waals surface area contributed by atoms with E-state index < -0.39 is 42.3 Å². The Morgan fingerprint density at radius 2 is 2.08 bits per heavy atom. The number of amides is 1. The Labute approximate surface area is 144 Å². The lowest BCUT2D eigenvalue weighted by Crippen LogP contribution is -2.35. The average Bonchev–Trinajstić information content (AvgIpc) is 2.91. The number of benzene rings is 1. The maximum atomic E-state index is 14.1. The van der Waals surface area contributed by atoms with E-state index in [1.807, 2.05) is 0 Å². The van der Waals surface area contributed by atoms with Gasteiger partial charge in [0.1, 0.15) is 5.82 Å². The predicted molar refractivity (Wildman–Crippen MR) is 79.6 cm³/mol. The lowest BCUT2D eigenvalue weighted by atomic mass is 9.88. The maximum absolute atomic E-state index is 14.1. The molecule has 1 aromatic heterocycles. The van der Waals surface area contributed by atoms with Crippen molar-refractivity contribution in [2.24, 2.45) is 0 Å². The smallest absolute Gasteiger partial charge is 0.405 e. The molecule has 3 rings (SSSR count). The van der Waals surface area contributed by atoms with Crippen molar-refractivity contribution in [2.45, 2.75) is 37.5 Å². The summed E-state index contributed by atoms with van der Waals surface area (Å²) in [6.45, 7) is -0.0566. The van der Waals surface area contributed by atoms with Crippen LogP contribution in [0, 0.1) is 11.6 Å². The summed E-state index contributed by atoms with van der Waals surface area (Å²) in [5, 5.41) is 11.2. The van der Waals surface area contributed by atoms with Crippen LogP contribution < -0.4 is 5.32 Å². The monoisotopic (exact) mass is 375 g/mol. The molecule has 0 saturated carbocycles. The van der Waals surface area contributed by atoms with Crippen molar-refractivity contribution in [2.75, 3.05) is 0 Å². The zero-order valence-electron chi connectivity index (χ0n) is 13.2. The van der Waals surface area contributed by atoms with Crippen LogP contribution in [-0.2, 0) is 13.0 Å². The van der Waals surface area contributed by atoms with Crippen LogP contribution in [0.4, 0.5) is 26.7 Å². The summed E-state index contributed by atoms with van der Waals surface area (Å²) in [5.41, 5.74) is -0.175. The molecule has 10 heteroatoms. The van der Waals surface area contributed by atoms with E-state index in [1.165, 1.54) is 16.7 Å². The first-order valence-electron chi connectivity index (χ1n) is 7.70. The zero-order chi connectivity index (χ0) is 19.1. The minimum Gasteiger partial charge on any atom is -0.465 e. The molecule has 1 aliphatic heterocycles. The molecule has 2 aromatic rings. The highest BCUT2D eigenvalue weighted by Gasteiger charge is 2.36. The number of carboxylic acid groups (broad SMARTS) is 1. The molecule has 2 N–H and O–H groups in total. The minimum absolute atomic E-state index is 0.0144. The summed E-state index contributed by atoms with van der Waals surface area (Å²) in [6.07, 6.45) is -6.04. The molecular formula is C16H14F5N3O2. The highest BCUT2D eigenvalue weighted by molar-refractivity contribution is 5.65. The first-order chi connectivity index (χ1) is 12.2. The van der Waals surface area contributed by atoms with Crippen molar-refractivity contribution in [3.05, 3.63) is 53.1 Å². The number of hydrogen-bond donors (Lipinski definition) is 2. The van der Waals surface area contributed by atoms with Crippen LogP contribution in [0.15, 0.2) is 24.4 Å². The molecular weight excluding hydrogens is 361 g/mol. The summed E-state index contributed by atoms with van der Waals surface area (Å²) in [5.74, 6) is -2.75. The molecule has 0 radical (unpaired) electrons. The standard InChI is InChI=1S/C16H14F5N3O2/c17-11-3-1-2-10(13(11)18)8-4-12(23-15(25)26)14-22-6-9(24(14)7-8)5-16(19,20)21/h1-3,6,8,12,23H,4-5,7H2,(H,25,26)/t8-,12+/m1/s1. The van der Waals surface area contributed by atoms with E-state index in [4.69, 9.17) is 5.11 Å². The molecule has 0 aliphatic carbocycles. The number of alkyl halides is 3. The fraction of sp³-hybridized carbons (Fsp3) is 0.375. The molecule has 1 amide bonds. The molecule has 0 spiro atoms. The topological polar surface area (TPSA) is 67.2 Å².